The van der Waals surface area contributed by atoms with Gasteiger partial charge in [-0.25, -0.2) is 9.59 Å². The van der Waals surface area contributed by atoms with E-state index in [9.17, 15) is 9.59 Å². The number of methoxy groups -OCH3 is 1. The molecule has 3 atom stereocenters. The van der Waals surface area contributed by atoms with Crippen LogP contribution in [0.2, 0.25) is 0 Å². The van der Waals surface area contributed by atoms with Crippen LogP contribution in [0, 0.1) is 23.2 Å². The van der Waals surface area contributed by atoms with Crippen LogP contribution in [0.5, 0.6) is 5.75 Å². The standard InChI is InChI=1S/C25H37N5O4/c1-4-5-12-27-24(31)29(2)23-19-8-9-20(23)15-30(14-19)16-21(28-25(32)33-3)17-34-22-10-6-18(13-26)7-11-22/h6-7,10-11,19-21,23H,4-5,8-9,12,14-17H2,1-3H3,(H,27,31)(H,28,32)/t19?,20?,21-,23?/m0/s1. The number of piperidine rings is 1. The molecule has 34 heavy (non-hydrogen) atoms. The zero-order chi connectivity index (χ0) is 24.5. The van der Waals surface area contributed by atoms with Crippen LogP contribution in [0.3, 0.4) is 0 Å². The summed E-state index contributed by atoms with van der Waals surface area (Å²) in [7, 11) is 3.26. The molecule has 1 aromatic carbocycles. The fraction of sp³-hybridized carbons (Fsp3) is 0.640. The molecule has 2 N–H and O–H groups in total. The van der Waals surface area contributed by atoms with Crippen molar-refractivity contribution in [2.45, 2.75) is 44.7 Å². The SMILES string of the molecule is CCCCNC(=O)N(C)C1C2CCC1CN(C[C@@H](COc1ccc(C#N)cc1)NC(=O)OC)C2. The molecule has 2 fully saturated rings. The predicted octanol–water partition coefficient (Wildman–Crippen LogP) is 2.81. The quantitative estimate of drug-likeness (QED) is 0.508. The van der Waals surface area contributed by atoms with Gasteiger partial charge in [-0.2, -0.15) is 5.26 Å². The van der Waals surface area contributed by atoms with Gasteiger partial charge >= 0.3 is 12.1 Å². The lowest BCUT2D eigenvalue weighted by atomic mass is 9.91. The number of fused-ring (bicyclic) bond motifs is 2. The lowest BCUT2D eigenvalue weighted by molar-refractivity contribution is 0.0658. The van der Waals surface area contributed by atoms with E-state index in [2.05, 4.69) is 28.5 Å². The number of unbranched alkanes of at least 4 members (excludes halogenated alkanes) is 1. The van der Waals surface area contributed by atoms with Crippen LogP contribution < -0.4 is 15.4 Å². The number of nitrogens with zero attached hydrogens (tertiary/aromatic N) is 3. The van der Waals surface area contributed by atoms with Crippen molar-refractivity contribution in [1.29, 1.82) is 5.26 Å². The number of benzene rings is 1. The zero-order valence-electron chi connectivity index (χ0n) is 20.5. The van der Waals surface area contributed by atoms with Gasteiger partial charge in [0, 0.05) is 39.3 Å². The summed E-state index contributed by atoms with van der Waals surface area (Å²) in [5.41, 5.74) is 0.568. The lowest BCUT2D eigenvalue weighted by Gasteiger charge is -2.43. The first-order chi connectivity index (χ1) is 16.4. The van der Waals surface area contributed by atoms with Crippen molar-refractivity contribution in [1.82, 2.24) is 20.4 Å². The maximum atomic E-state index is 12.6. The summed E-state index contributed by atoms with van der Waals surface area (Å²) < 4.78 is 10.7. The average Bonchev–Trinajstić information content (AvgIpc) is 3.12. The number of ether oxygens (including phenoxy) is 2. The number of rotatable bonds is 10. The summed E-state index contributed by atoms with van der Waals surface area (Å²) in [4.78, 5) is 28.8. The summed E-state index contributed by atoms with van der Waals surface area (Å²) in [6, 6.07) is 9.01. The zero-order valence-corrected chi connectivity index (χ0v) is 20.5. The highest BCUT2D eigenvalue weighted by Crippen LogP contribution is 2.39. The molecule has 2 aliphatic rings. The Balaban J connectivity index is 1.57. The molecule has 0 aromatic heterocycles. The molecule has 9 heteroatoms. The van der Waals surface area contributed by atoms with Gasteiger partial charge in [0.2, 0.25) is 0 Å². The molecule has 1 saturated heterocycles. The Morgan fingerprint density at radius 1 is 1.24 bits per heavy atom. The molecule has 3 amide bonds. The number of amides is 3. The number of hydrogen-bond donors (Lipinski definition) is 2. The molecular weight excluding hydrogens is 434 g/mol. The van der Waals surface area contributed by atoms with Crippen LogP contribution in [0.4, 0.5) is 9.59 Å². The van der Waals surface area contributed by atoms with Crippen molar-refractivity contribution in [3.63, 3.8) is 0 Å². The number of nitriles is 1. The summed E-state index contributed by atoms with van der Waals surface area (Å²) >= 11 is 0. The van der Waals surface area contributed by atoms with Gasteiger partial charge in [0.25, 0.3) is 0 Å². The number of urea groups is 1. The molecular formula is C25H37N5O4. The molecule has 1 aliphatic carbocycles. The first-order valence-corrected chi connectivity index (χ1v) is 12.2. The summed E-state index contributed by atoms with van der Waals surface area (Å²) in [6.07, 6.45) is 3.77. The molecule has 1 heterocycles. The first kappa shape index (κ1) is 25.6. The fourth-order valence-corrected chi connectivity index (χ4v) is 5.20. The molecule has 2 unspecified atom stereocenters. The van der Waals surface area contributed by atoms with E-state index in [4.69, 9.17) is 14.7 Å². The molecule has 0 spiro atoms. The van der Waals surface area contributed by atoms with E-state index in [1.807, 2.05) is 11.9 Å². The topological polar surface area (TPSA) is 107 Å². The third-order valence-electron chi connectivity index (χ3n) is 6.85. The van der Waals surface area contributed by atoms with E-state index in [1.54, 1.807) is 24.3 Å². The van der Waals surface area contributed by atoms with E-state index < -0.39 is 6.09 Å². The minimum absolute atomic E-state index is 0.0184. The Bertz CT molecular complexity index is 842. The van der Waals surface area contributed by atoms with Crippen molar-refractivity contribution in [3.05, 3.63) is 29.8 Å². The molecule has 9 nitrogen and oxygen atoms in total. The normalized spacial score (nSPS) is 22.4. The van der Waals surface area contributed by atoms with Gasteiger partial charge in [-0.15, -0.1) is 0 Å². The van der Waals surface area contributed by atoms with Crippen molar-refractivity contribution in [2.24, 2.45) is 11.8 Å². The van der Waals surface area contributed by atoms with E-state index in [-0.39, 0.29) is 24.7 Å². The molecule has 2 bridgehead atoms. The van der Waals surface area contributed by atoms with Gasteiger partial charge in [0.05, 0.1) is 24.8 Å². The average molecular weight is 472 g/mol. The van der Waals surface area contributed by atoms with Crippen LogP contribution in [0.15, 0.2) is 24.3 Å². The van der Waals surface area contributed by atoms with Crippen molar-refractivity contribution < 1.29 is 19.1 Å². The van der Waals surface area contributed by atoms with Crippen LogP contribution in [0.1, 0.15) is 38.2 Å². The highest BCUT2D eigenvalue weighted by molar-refractivity contribution is 5.74. The van der Waals surface area contributed by atoms with E-state index in [1.165, 1.54) is 7.11 Å². The molecule has 186 valence electrons. The van der Waals surface area contributed by atoms with Gasteiger partial charge in [-0.3, -0.25) is 0 Å². The summed E-state index contributed by atoms with van der Waals surface area (Å²) in [5, 5.41) is 14.9. The second-order valence-electron chi connectivity index (χ2n) is 9.28. The lowest BCUT2D eigenvalue weighted by Crippen LogP contribution is -2.57. The van der Waals surface area contributed by atoms with Gasteiger partial charge in [0.15, 0.2) is 0 Å². The van der Waals surface area contributed by atoms with Gasteiger partial charge in [-0.05, 0) is 55.4 Å². The van der Waals surface area contributed by atoms with Crippen molar-refractivity contribution >= 4 is 12.1 Å². The van der Waals surface area contributed by atoms with Crippen LogP contribution in [-0.4, -0.2) is 81.0 Å². The highest BCUT2D eigenvalue weighted by Gasteiger charge is 2.45. The number of nitrogens with one attached hydrogen (secondary N) is 2. The Morgan fingerprint density at radius 2 is 1.91 bits per heavy atom. The first-order valence-electron chi connectivity index (χ1n) is 12.2. The number of hydrogen-bond acceptors (Lipinski definition) is 6. The maximum Gasteiger partial charge on any atom is 0.407 e. The molecule has 0 radical (unpaired) electrons. The summed E-state index contributed by atoms with van der Waals surface area (Å²) in [5.74, 6) is 1.47. The number of likely N-dealkylation sites (tertiary alicyclic amines) is 1. The van der Waals surface area contributed by atoms with E-state index in [0.717, 1.165) is 38.8 Å². The minimum Gasteiger partial charge on any atom is -0.491 e. The molecule has 1 aliphatic heterocycles. The Kier molecular flexibility index (Phi) is 9.40. The third-order valence-corrected chi connectivity index (χ3v) is 6.85. The van der Waals surface area contributed by atoms with Crippen molar-refractivity contribution in [3.8, 4) is 11.8 Å². The van der Waals surface area contributed by atoms with E-state index >= 15 is 0 Å². The minimum atomic E-state index is -0.491. The Labute approximate surface area is 202 Å². The van der Waals surface area contributed by atoms with E-state index in [0.29, 0.717) is 36.2 Å². The maximum absolute atomic E-state index is 12.6. The number of carbonyl (C=O) groups is 2. The van der Waals surface area contributed by atoms with Crippen LogP contribution in [-0.2, 0) is 4.74 Å². The largest absolute Gasteiger partial charge is 0.491 e. The molecule has 1 aromatic rings. The van der Waals surface area contributed by atoms with Crippen molar-refractivity contribution in [2.75, 3.05) is 46.9 Å². The Hall–Kier alpha value is -2.99. The monoisotopic (exact) mass is 471 g/mol. The molecule has 3 rings (SSSR count). The smallest absolute Gasteiger partial charge is 0.407 e. The Morgan fingerprint density at radius 3 is 2.50 bits per heavy atom. The molecule has 1 saturated carbocycles. The van der Waals surface area contributed by atoms with Gasteiger partial charge < -0.3 is 29.9 Å². The second-order valence-corrected chi connectivity index (χ2v) is 9.28. The van der Waals surface area contributed by atoms with Crippen LogP contribution in [0.25, 0.3) is 0 Å². The van der Waals surface area contributed by atoms with Gasteiger partial charge in [-0.1, -0.05) is 13.3 Å². The number of carbonyl (C=O) groups excluding carboxylic acids is 2. The summed E-state index contributed by atoms with van der Waals surface area (Å²) in [6.45, 7) is 5.51. The number of alkyl carbamates (subject to hydrolysis) is 1. The second kappa shape index (κ2) is 12.5. The highest BCUT2D eigenvalue weighted by atomic mass is 16.5. The fourth-order valence-electron chi connectivity index (χ4n) is 5.20. The van der Waals surface area contributed by atoms with Gasteiger partial charge in [0.1, 0.15) is 12.4 Å². The predicted molar refractivity (Wildman–Crippen MR) is 128 cm³/mol. The van der Waals surface area contributed by atoms with Crippen LogP contribution >= 0.6 is 0 Å². The third kappa shape index (κ3) is 6.76.